The quantitative estimate of drug-likeness (QED) is 0.402. The van der Waals surface area contributed by atoms with Crippen molar-refractivity contribution in [3.05, 3.63) is 35.9 Å². The third-order valence-corrected chi connectivity index (χ3v) is 4.01. The van der Waals surface area contributed by atoms with E-state index in [9.17, 15) is 13.2 Å². The summed E-state index contributed by atoms with van der Waals surface area (Å²) in [5.74, 6) is -2.07. The Hall–Kier alpha value is -1.93. The highest BCUT2D eigenvalue weighted by Crippen LogP contribution is 2.10. The van der Waals surface area contributed by atoms with Crippen LogP contribution in [0.4, 0.5) is 0 Å². The van der Waals surface area contributed by atoms with Crippen molar-refractivity contribution in [1.82, 2.24) is 0 Å². The Kier molecular flexibility index (Phi) is 11.5. The summed E-state index contributed by atoms with van der Waals surface area (Å²) in [4.78, 5) is 20.6. The third-order valence-electron chi connectivity index (χ3n) is 2.83. The third kappa shape index (κ3) is 13.1. The molecule has 0 heterocycles. The van der Waals surface area contributed by atoms with Gasteiger partial charge in [-0.15, -0.1) is 0 Å². The zero-order chi connectivity index (χ0) is 19.3. The highest BCUT2D eigenvalue weighted by molar-refractivity contribution is 7.85. The average molecular weight is 374 g/mol. The minimum atomic E-state index is -3.70. The predicted octanol–water partition coefficient (Wildman–Crippen LogP) is 2.60. The van der Waals surface area contributed by atoms with E-state index in [1.54, 1.807) is 31.2 Å². The molecule has 0 fully saturated rings. The van der Waals surface area contributed by atoms with Gasteiger partial charge in [0, 0.05) is 6.92 Å². The van der Waals surface area contributed by atoms with Crippen LogP contribution in [0.2, 0.25) is 0 Å². The number of carboxylic acid groups (broad SMARTS) is 1. The molecule has 1 atom stereocenters. The largest absolute Gasteiger partial charge is 0.481 e. The van der Waals surface area contributed by atoms with Gasteiger partial charge in [0.2, 0.25) is 0 Å². The molecule has 0 aliphatic carbocycles. The molecule has 8 heteroatoms. The van der Waals surface area contributed by atoms with Crippen LogP contribution in [0, 0.1) is 5.92 Å². The molecule has 0 spiro atoms. The van der Waals surface area contributed by atoms with Gasteiger partial charge >= 0.3 is 5.97 Å². The topological polar surface area (TPSA) is 107 Å². The maximum atomic E-state index is 11.8. The van der Waals surface area contributed by atoms with Gasteiger partial charge in [-0.1, -0.05) is 43.7 Å². The summed E-state index contributed by atoms with van der Waals surface area (Å²) in [5.41, 5.74) is 0.649. The summed E-state index contributed by atoms with van der Waals surface area (Å²) in [7, 11) is -3.70. The van der Waals surface area contributed by atoms with Crippen LogP contribution in [-0.4, -0.2) is 38.7 Å². The molecule has 0 aliphatic heterocycles. The fraction of sp³-hybridized carbons (Fsp3) is 0.529. The predicted molar refractivity (Wildman–Crippen MR) is 93.4 cm³/mol. The Labute approximate surface area is 149 Å². The van der Waals surface area contributed by atoms with Gasteiger partial charge < -0.3 is 9.84 Å². The SMILES string of the molecule is CC(=O)O.CCCCOC(=O)C(C)COS(=O)(=O)Cc1ccccc1. The number of benzene rings is 1. The van der Waals surface area contributed by atoms with Gasteiger partial charge in [-0.3, -0.25) is 13.8 Å². The van der Waals surface area contributed by atoms with Gasteiger partial charge in [0.15, 0.2) is 0 Å². The molecule has 1 aromatic rings. The summed E-state index contributed by atoms with van der Waals surface area (Å²) < 4.78 is 33.5. The van der Waals surface area contributed by atoms with Crippen LogP contribution < -0.4 is 0 Å². The van der Waals surface area contributed by atoms with Crippen LogP contribution in [0.25, 0.3) is 0 Å². The van der Waals surface area contributed by atoms with Crippen molar-refractivity contribution in [1.29, 1.82) is 0 Å². The number of carboxylic acids is 1. The molecule has 0 aliphatic rings. The smallest absolute Gasteiger partial charge is 0.311 e. The van der Waals surface area contributed by atoms with Crippen molar-refractivity contribution in [2.45, 2.75) is 39.4 Å². The van der Waals surface area contributed by atoms with Gasteiger partial charge in [-0.2, -0.15) is 8.42 Å². The molecule has 1 rings (SSSR count). The standard InChI is InChI=1S/C15H22O5S.C2H4O2/c1-3-4-10-19-15(16)13(2)11-20-21(17,18)12-14-8-6-5-7-9-14;1-2(3)4/h5-9,13H,3-4,10-12H2,1-2H3;1H3,(H,3,4). The van der Waals surface area contributed by atoms with Crippen LogP contribution >= 0.6 is 0 Å². The van der Waals surface area contributed by atoms with Gasteiger partial charge in [0.05, 0.1) is 19.1 Å². The summed E-state index contributed by atoms with van der Waals surface area (Å²) in [6.45, 7) is 4.83. The average Bonchev–Trinajstić information content (AvgIpc) is 2.53. The molecule has 1 N–H and O–H groups in total. The Bertz CT molecular complexity index is 607. The van der Waals surface area contributed by atoms with E-state index in [1.165, 1.54) is 0 Å². The van der Waals surface area contributed by atoms with Crippen LogP contribution in [0.15, 0.2) is 30.3 Å². The summed E-state index contributed by atoms with van der Waals surface area (Å²) >= 11 is 0. The molecule has 0 radical (unpaired) electrons. The lowest BCUT2D eigenvalue weighted by Crippen LogP contribution is -2.22. The molecular weight excluding hydrogens is 348 g/mol. The van der Waals surface area contributed by atoms with E-state index in [0.717, 1.165) is 19.8 Å². The first-order valence-corrected chi connectivity index (χ1v) is 9.52. The maximum Gasteiger partial charge on any atom is 0.311 e. The second kappa shape index (κ2) is 12.4. The Morgan fingerprint density at radius 1 is 1.20 bits per heavy atom. The lowest BCUT2D eigenvalue weighted by atomic mass is 10.2. The number of carbonyl (C=O) groups excluding carboxylic acids is 1. The first-order chi connectivity index (χ1) is 11.7. The van der Waals surface area contributed by atoms with Crippen LogP contribution in [-0.2, 0) is 34.4 Å². The monoisotopic (exact) mass is 374 g/mol. The molecule has 142 valence electrons. The van der Waals surface area contributed by atoms with Gasteiger partial charge in [-0.05, 0) is 18.9 Å². The first kappa shape index (κ1) is 23.1. The van der Waals surface area contributed by atoms with E-state index in [1.807, 2.05) is 13.0 Å². The van der Waals surface area contributed by atoms with Crippen molar-refractivity contribution < 1.29 is 32.0 Å². The molecule has 1 unspecified atom stereocenters. The maximum absolute atomic E-state index is 11.8. The molecular formula is C17H26O7S. The van der Waals surface area contributed by atoms with Crippen molar-refractivity contribution in [3.8, 4) is 0 Å². The van der Waals surface area contributed by atoms with Gasteiger partial charge in [0.25, 0.3) is 16.1 Å². The number of aliphatic carboxylic acids is 1. The number of hydrogen-bond donors (Lipinski definition) is 1. The molecule has 0 saturated carbocycles. The molecule has 1 aromatic carbocycles. The fourth-order valence-corrected chi connectivity index (χ4v) is 2.65. The normalized spacial score (nSPS) is 11.8. The molecule has 0 aromatic heterocycles. The fourth-order valence-electron chi connectivity index (χ4n) is 1.55. The summed E-state index contributed by atoms with van der Waals surface area (Å²) in [6, 6.07) is 8.76. The van der Waals surface area contributed by atoms with E-state index < -0.39 is 28.0 Å². The van der Waals surface area contributed by atoms with E-state index in [0.29, 0.717) is 12.2 Å². The summed E-state index contributed by atoms with van der Waals surface area (Å²) in [5, 5.41) is 7.42. The molecule has 0 saturated heterocycles. The van der Waals surface area contributed by atoms with E-state index >= 15 is 0 Å². The highest BCUT2D eigenvalue weighted by Gasteiger charge is 2.19. The Morgan fingerprint density at radius 3 is 2.28 bits per heavy atom. The molecule has 0 amide bonds. The minimum absolute atomic E-state index is 0.194. The second-order valence-electron chi connectivity index (χ2n) is 5.41. The van der Waals surface area contributed by atoms with Crippen molar-refractivity contribution in [3.63, 3.8) is 0 Å². The second-order valence-corrected chi connectivity index (χ2v) is 7.05. The van der Waals surface area contributed by atoms with E-state index in [2.05, 4.69) is 0 Å². The van der Waals surface area contributed by atoms with Crippen LogP contribution in [0.1, 0.15) is 39.2 Å². The van der Waals surface area contributed by atoms with E-state index in [-0.39, 0.29) is 12.4 Å². The highest BCUT2D eigenvalue weighted by atomic mass is 32.2. The summed E-state index contributed by atoms with van der Waals surface area (Å²) in [6.07, 6.45) is 1.73. The number of rotatable bonds is 9. The number of hydrogen-bond acceptors (Lipinski definition) is 6. The zero-order valence-corrected chi connectivity index (χ0v) is 15.6. The number of esters is 1. The lowest BCUT2D eigenvalue weighted by Gasteiger charge is -2.12. The number of carbonyl (C=O) groups is 2. The Balaban J connectivity index is 0.00000129. The number of unbranched alkanes of at least 4 members (excludes halogenated alkanes) is 1. The van der Waals surface area contributed by atoms with Crippen LogP contribution in [0.3, 0.4) is 0 Å². The molecule has 7 nitrogen and oxygen atoms in total. The van der Waals surface area contributed by atoms with Gasteiger partial charge in [0.1, 0.15) is 5.75 Å². The number of ether oxygens (including phenoxy) is 1. The first-order valence-electron chi connectivity index (χ1n) is 7.95. The van der Waals surface area contributed by atoms with Gasteiger partial charge in [-0.25, -0.2) is 0 Å². The lowest BCUT2D eigenvalue weighted by molar-refractivity contribution is -0.149. The zero-order valence-electron chi connectivity index (χ0n) is 14.8. The molecule has 25 heavy (non-hydrogen) atoms. The van der Waals surface area contributed by atoms with Crippen molar-refractivity contribution in [2.75, 3.05) is 13.2 Å². The minimum Gasteiger partial charge on any atom is -0.481 e. The van der Waals surface area contributed by atoms with Crippen molar-refractivity contribution in [2.24, 2.45) is 5.92 Å². The van der Waals surface area contributed by atoms with E-state index in [4.69, 9.17) is 18.8 Å². The van der Waals surface area contributed by atoms with Crippen molar-refractivity contribution >= 4 is 22.1 Å². The molecule has 0 bridgehead atoms. The Morgan fingerprint density at radius 2 is 1.76 bits per heavy atom. The van der Waals surface area contributed by atoms with Crippen LogP contribution in [0.5, 0.6) is 0 Å².